The van der Waals surface area contributed by atoms with Gasteiger partial charge in [-0.15, -0.1) is 0 Å². The van der Waals surface area contributed by atoms with Gasteiger partial charge in [-0.2, -0.15) is 0 Å². The molecule has 0 aliphatic heterocycles. The van der Waals surface area contributed by atoms with Crippen LogP contribution in [0, 0.1) is 5.92 Å². The van der Waals surface area contributed by atoms with Crippen molar-refractivity contribution in [2.24, 2.45) is 5.92 Å². The number of amides is 2. The molecular weight excluding hydrogens is 140 g/mol. The van der Waals surface area contributed by atoms with Crippen LogP contribution in [-0.2, 0) is 0 Å². The molecule has 0 aliphatic carbocycles. The van der Waals surface area contributed by atoms with Crippen molar-refractivity contribution in [1.29, 1.82) is 0 Å². The number of nitrogens with zero attached hydrogens (tertiary/aromatic N) is 2. The summed E-state index contributed by atoms with van der Waals surface area (Å²) in [6, 6.07) is -0.110. The summed E-state index contributed by atoms with van der Waals surface area (Å²) in [7, 11) is 1.53. The predicted octanol–water partition coefficient (Wildman–Crippen LogP) is 1.32. The quantitative estimate of drug-likeness (QED) is 0.608. The first-order chi connectivity index (χ1) is 5.11. The summed E-state index contributed by atoms with van der Waals surface area (Å²) >= 11 is 0. The van der Waals surface area contributed by atoms with Gasteiger partial charge >= 0.3 is 6.03 Å². The molecule has 0 aromatic heterocycles. The lowest BCUT2D eigenvalue weighted by Crippen LogP contribution is -2.37. The zero-order valence-electron chi connectivity index (χ0n) is 7.79. The molecule has 0 fully saturated rings. The maximum absolute atomic E-state index is 11.0. The first-order valence-corrected chi connectivity index (χ1v) is 4.00. The molecule has 0 rings (SSSR count). The van der Waals surface area contributed by atoms with E-state index in [1.54, 1.807) is 4.90 Å². The second-order valence-electron chi connectivity index (χ2n) is 2.94. The zero-order chi connectivity index (χ0) is 8.85. The van der Waals surface area contributed by atoms with Crippen LogP contribution in [0.5, 0.6) is 0 Å². The number of carbonyl (C=O) groups is 1. The largest absolute Gasteiger partial charge is 0.338 e. The second-order valence-corrected chi connectivity index (χ2v) is 2.94. The highest BCUT2D eigenvalue weighted by atomic mass is 16.2. The normalized spacial score (nSPS) is 9.91. The Balaban J connectivity index is 3.84. The maximum atomic E-state index is 11.0. The smallest absolute Gasteiger partial charge is 0.323 e. The minimum atomic E-state index is -0.110. The highest BCUT2D eigenvalue weighted by molar-refractivity contribution is 5.73. The van der Waals surface area contributed by atoms with Crippen LogP contribution >= 0.6 is 0 Å². The molecule has 0 aliphatic rings. The van der Waals surface area contributed by atoms with Crippen molar-refractivity contribution in [3.8, 4) is 0 Å². The molecule has 0 spiro atoms. The summed E-state index contributed by atoms with van der Waals surface area (Å²) in [5.74, 6) is 0.514. The van der Waals surface area contributed by atoms with Crippen LogP contribution in [0.25, 0.3) is 0 Å². The van der Waals surface area contributed by atoms with E-state index in [-0.39, 0.29) is 6.03 Å². The third kappa shape index (κ3) is 3.86. The fraction of sp³-hybridized carbons (Fsp3) is 0.875. The van der Waals surface area contributed by atoms with Crippen LogP contribution in [0.4, 0.5) is 4.79 Å². The van der Waals surface area contributed by atoms with Gasteiger partial charge in [0.05, 0.1) is 0 Å². The van der Waals surface area contributed by atoms with E-state index in [4.69, 9.17) is 0 Å². The fourth-order valence-corrected chi connectivity index (χ4v) is 0.925. The number of urea groups is 1. The third-order valence-corrected chi connectivity index (χ3v) is 1.43. The predicted molar refractivity (Wildman–Crippen MR) is 45.5 cm³/mol. The molecular formula is C8H17N2O. The van der Waals surface area contributed by atoms with Crippen molar-refractivity contribution in [1.82, 2.24) is 10.2 Å². The first-order valence-electron chi connectivity index (χ1n) is 4.00. The van der Waals surface area contributed by atoms with E-state index in [0.29, 0.717) is 5.92 Å². The van der Waals surface area contributed by atoms with Crippen molar-refractivity contribution in [3.05, 3.63) is 0 Å². The summed E-state index contributed by atoms with van der Waals surface area (Å²) in [5, 5.41) is 3.60. The Morgan fingerprint density at radius 2 is 2.09 bits per heavy atom. The van der Waals surface area contributed by atoms with Gasteiger partial charge in [-0.25, -0.2) is 10.1 Å². The second kappa shape index (κ2) is 4.99. The highest BCUT2D eigenvalue weighted by Crippen LogP contribution is 1.98. The van der Waals surface area contributed by atoms with Gasteiger partial charge < -0.3 is 4.90 Å². The lowest BCUT2D eigenvalue weighted by Gasteiger charge is -2.20. The van der Waals surface area contributed by atoms with Crippen molar-refractivity contribution >= 4 is 6.03 Å². The number of rotatable bonds is 3. The van der Waals surface area contributed by atoms with Gasteiger partial charge in [0.15, 0.2) is 0 Å². The van der Waals surface area contributed by atoms with Gasteiger partial charge in [-0.1, -0.05) is 13.8 Å². The fourth-order valence-electron chi connectivity index (χ4n) is 0.925. The zero-order valence-corrected chi connectivity index (χ0v) is 7.79. The minimum Gasteiger partial charge on any atom is -0.323 e. The van der Waals surface area contributed by atoms with Gasteiger partial charge in [-0.05, 0) is 12.8 Å². The van der Waals surface area contributed by atoms with Gasteiger partial charge in [0.1, 0.15) is 0 Å². The van der Waals surface area contributed by atoms with E-state index < -0.39 is 0 Å². The van der Waals surface area contributed by atoms with E-state index in [9.17, 15) is 4.79 Å². The molecule has 11 heavy (non-hydrogen) atoms. The maximum Gasteiger partial charge on any atom is 0.338 e. The summed E-state index contributed by atoms with van der Waals surface area (Å²) < 4.78 is 0. The van der Waals surface area contributed by atoms with Crippen molar-refractivity contribution in [2.45, 2.75) is 20.8 Å². The highest BCUT2D eigenvalue weighted by Gasteiger charge is 2.10. The summed E-state index contributed by atoms with van der Waals surface area (Å²) in [6.07, 6.45) is 0. The van der Waals surface area contributed by atoms with Crippen LogP contribution in [0.1, 0.15) is 20.8 Å². The molecule has 0 unspecified atom stereocenters. The van der Waals surface area contributed by atoms with Crippen LogP contribution in [0.2, 0.25) is 0 Å². The number of carbonyl (C=O) groups excluding carboxylic acids is 1. The molecule has 0 saturated carbocycles. The molecule has 0 bridgehead atoms. The molecule has 0 aromatic carbocycles. The number of hydrogen-bond donors (Lipinski definition) is 0. The molecule has 0 atom stereocenters. The molecule has 0 heterocycles. The van der Waals surface area contributed by atoms with Crippen molar-refractivity contribution in [3.63, 3.8) is 0 Å². The monoisotopic (exact) mass is 157 g/mol. The lowest BCUT2D eigenvalue weighted by molar-refractivity contribution is 0.195. The van der Waals surface area contributed by atoms with E-state index in [2.05, 4.69) is 19.2 Å². The van der Waals surface area contributed by atoms with E-state index in [1.807, 2.05) is 6.92 Å². The van der Waals surface area contributed by atoms with Gasteiger partial charge in [0.2, 0.25) is 0 Å². The minimum absolute atomic E-state index is 0.110. The molecule has 0 N–H and O–H groups in total. The average molecular weight is 157 g/mol. The molecule has 0 aromatic rings. The Bertz CT molecular complexity index is 123. The Kier molecular flexibility index (Phi) is 4.66. The lowest BCUT2D eigenvalue weighted by atomic mass is 10.2. The van der Waals surface area contributed by atoms with Gasteiger partial charge in [-0.3, -0.25) is 0 Å². The Morgan fingerprint density at radius 1 is 1.55 bits per heavy atom. The molecule has 2 amide bonds. The van der Waals surface area contributed by atoms with Gasteiger partial charge in [0, 0.05) is 20.1 Å². The molecule has 1 radical (unpaired) electrons. The molecule has 3 nitrogen and oxygen atoms in total. The Morgan fingerprint density at radius 3 is 2.36 bits per heavy atom. The van der Waals surface area contributed by atoms with Crippen LogP contribution in [0.3, 0.4) is 0 Å². The Labute approximate surface area is 68.8 Å². The average Bonchev–Trinajstić information content (AvgIpc) is 1.98. The Hall–Kier alpha value is -0.730. The third-order valence-electron chi connectivity index (χ3n) is 1.43. The van der Waals surface area contributed by atoms with E-state index in [0.717, 1.165) is 13.1 Å². The van der Waals surface area contributed by atoms with E-state index >= 15 is 0 Å². The summed E-state index contributed by atoms with van der Waals surface area (Å²) in [5.41, 5.74) is 0. The molecule has 3 heteroatoms. The van der Waals surface area contributed by atoms with E-state index in [1.165, 1.54) is 7.05 Å². The first kappa shape index (κ1) is 10.3. The SMILES string of the molecule is CCN(CC(C)C)C(=O)[N]C. The summed E-state index contributed by atoms with van der Waals surface area (Å²) in [6.45, 7) is 7.68. The topological polar surface area (TPSA) is 34.4 Å². The van der Waals surface area contributed by atoms with Crippen molar-refractivity contribution < 1.29 is 4.79 Å². The number of hydrogen-bond acceptors (Lipinski definition) is 1. The molecule has 65 valence electrons. The summed E-state index contributed by atoms with van der Waals surface area (Å²) in [4.78, 5) is 12.8. The van der Waals surface area contributed by atoms with Crippen molar-refractivity contribution in [2.75, 3.05) is 20.1 Å². The van der Waals surface area contributed by atoms with Crippen LogP contribution in [0.15, 0.2) is 0 Å². The van der Waals surface area contributed by atoms with Crippen LogP contribution < -0.4 is 5.32 Å². The molecule has 0 saturated heterocycles. The standard InChI is InChI=1S/C8H17N2O/c1-5-10(6-7(2)3)8(11)9-4/h7H,5-6H2,1-4H3. The van der Waals surface area contributed by atoms with Crippen LogP contribution in [-0.4, -0.2) is 31.1 Å². The van der Waals surface area contributed by atoms with Gasteiger partial charge in [0.25, 0.3) is 0 Å².